The molecule has 3 aromatic rings. The Labute approximate surface area is 140 Å². The summed E-state index contributed by atoms with van der Waals surface area (Å²) < 4.78 is 7.13. The van der Waals surface area contributed by atoms with E-state index in [1.807, 2.05) is 36.4 Å². The molecule has 0 atom stereocenters. The lowest BCUT2D eigenvalue weighted by atomic mass is 10.0. The maximum Gasteiger partial charge on any atom is 0.265 e. The van der Waals surface area contributed by atoms with Crippen LogP contribution >= 0.6 is 0 Å². The van der Waals surface area contributed by atoms with Crippen molar-refractivity contribution in [3.05, 3.63) is 70.3 Å². The second-order valence-electron chi connectivity index (χ2n) is 5.93. The van der Waals surface area contributed by atoms with Crippen molar-refractivity contribution in [3.8, 4) is 5.75 Å². The zero-order chi connectivity index (χ0) is 16.5. The van der Waals surface area contributed by atoms with E-state index in [1.165, 1.54) is 0 Å². The van der Waals surface area contributed by atoms with Gasteiger partial charge in [-0.3, -0.25) is 9.36 Å². The largest absolute Gasteiger partial charge is 0.496 e. The lowest BCUT2D eigenvalue weighted by Crippen LogP contribution is -2.28. The minimum Gasteiger partial charge on any atom is -0.496 e. The van der Waals surface area contributed by atoms with E-state index in [0.29, 0.717) is 23.2 Å². The third-order valence-corrected chi connectivity index (χ3v) is 4.42. The lowest BCUT2D eigenvalue weighted by Gasteiger charge is -2.21. The van der Waals surface area contributed by atoms with Gasteiger partial charge in [-0.1, -0.05) is 36.4 Å². The number of aromatic nitrogens is 2. The van der Waals surface area contributed by atoms with Crippen LogP contribution in [0, 0.1) is 0 Å². The Balaban J connectivity index is 1.96. The maximum atomic E-state index is 13.0. The highest BCUT2D eigenvalue weighted by atomic mass is 16.5. The Morgan fingerprint density at radius 1 is 1.12 bits per heavy atom. The molecule has 4 rings (SSSR count). The second kappa shape index (κ2) is 5.96. The highest BCUT2D eigenvalue weighted by Crippen LogP contribution is 2.29. The van der Waals surface area contributed by atoms with Gasteiger partial charge in [0.25, 0.3) is 5.56 Å². The molecule has 1 aliphatic heterocycles. The Kier molecular flexibility index (Phi) is 3.65. The molecule has 0 amide bonds. The average molecular weight is 318 g/mol. The van der Waals surface area contributed by atoms with E-state index >= 15 is 0 Å². The van der Waals surface area contributed by atoms with Gasteiger partial charge < -0.3 is 4.74 Å². The van der Waals surface area contributed by atoms with Crippen LogP contribution in [-0.4, -0.2) is 16.7 Å². The first kappa shape index (κ1) is 14.7. The Morgan fingerprint density at radius 3 is 2.75 bits per heavy atom. The number of allylic oxidation sites excluding steroid dienone is 1. The number of methoxy groups -OCH3 is 1. The van der Waals surface area contributed by atoms with Crippen LogP contribution in [0.5, 0.6) is 5.75 Å². The van der Waals surface area contributed by atoms with Crippen LogP contribution in [0.3, 0.4) is 0 Å². The van der Waals surface area contributed by atoms with Gasteiger partial charge in [0, 0.05) is 6.54 Å². The molecule has 0 saturated carbocycles. The van der Waals surface area contributed by atoms with E-state index in [1.54, 1.807) is 11.7 Å². The summed E-state index contributed by atoms with van der Waals surface area (Å²) in [5.41, 5.74) is 2.90. The number of nitrogens with zero attached hydrogens (tertiary/aromatic N) is 2. The molecule has 0 radical (unpaired) electrons. The van der Waals surface area contributed by atoms with Crippen molar-refractivity contribution in [1.82, 2.24) is 9.55 Å². The topological polar surface area (TPSA) is 44.1 Å². The molecule has 0 unspecified atom stereocenters. The fraction of sp³-hybridized carbons (Fsp3) is 0.200. The molecular weight excluding hydrogens is 300 g/mol. The molecule has 0 spiro atoms. The van der Waals surface area contributed by atoms with Crippen LogP contribution in [0.4, 0.5) is 0 Å². The van der Waals surface area contributed by atoms with Gasteiger partial charge in [-0.25, -0.2) is 4.98 Å². The molecule has 2 aromatic carbocycles. The number of rotatable bonds is 2. The average Bonchev–Trinajstić information content (AvgIpc) is 2.63. The summed E-state index contributed by atoms with van der Waals surface area (Å²) in [4.78, 5) is 17.7. The standard InChI is InChI=1S/C20H18N2O2/c1-24-17-11-5-10-16-18(17)20(23)22-12-6-9-15(19(22)21-16)13-14-7-3-2-4-8-14/h2-5,7-8,10-11,13H,6,9,12H2,1H3/b15-13+. The first-order valence-electron chi connectivity index (χ1n) is 8.11. The first-order valence-corrected chi connectivity index (χ1v) is 8.11. The fourth-order valence-electron chi connectivity index (χ4n) is 3.28. The number of benzene rings is 2. The molecule has 4 nitrogen and oxygen atoms in total. The van der Waals surface area contributed by atoms with Crippen molar-refractivity contribution in [1.29, 1.82) is 0 Å². The van der Waals surface area contributed by atoms with Crippen LogP contribution in [-0.2, 0) is 6.54 Å². The SMILES string of the molecule is COc1cccc2nc3n(c(=O)c12)CCC/C3=C\c1ccccc1. The van der Waals surface area contributed by atoms with Crippen molar-refractivity contribution in [3.63, 3.8) is 0 Å². The summed E-state index contributed by atoms with van der Waals surface area (Å²) in [6, 6.07) is 15.7. The van der Waals surface area contributed by atoms with E-state index in [9.17, 15) is 4.79 Å². The van der Waals surface area contributed by atoms with Gasteiger partial charge in [-0.05, 0) is 42.2 Å². The molecule has 1 aliphatic rings. The van der Waals surface area contributed by atoms with Crippen LogP contribution in [0.25, 0.3) is 22.6 Å². The minimum atomic E-state index is -0.0221. The molecule has 0 bridgehead atoms. The van der Waals surface area contributed by atoms with Gasteiger partial charge in [0.05, 0.1) is 12.6 Å². The molecule has 120 valence electrons. The minimum absolute atomic E-state index is 0.0221. The third-order valence-electron chi connectivity index (χ3n) is 4.42. The Hall–Kier alpha value is -2.88. The molecule has 0 N–H and O–H groups in total. The monoisotopic (exact) mass is 318 g/mol. The van der Waals surface area contributed by atoms with E-state index in [2.05, 4.69) is 18.2 Å². The zero-order valence-electron chi connectivity index (χ0n) is 13.5. The van der Waals surface area contributed by atoms with Crippen LogP contribution < -0.4 is 10.3 Å². The second-order valence-corrected chi connectivity index (χ2v) is 5.93. The van der Waals surface area contributed by atoms with Crippen LogP contribution in [0.1, 0.15) is 24.2 Å². The summed E-state index contributed by atoms with van der Waals surface area (Å²) in [7, 11) is 1.58. The lowest BCUT2D eigenvalue weighted by molar-refractivity contribution is 0.419. The fourth-order valence-corrected chi connectivity index (χ4v) is 3.28. The normalized spacial score (nSPS) is 15.5. The van der Waals surface area contributed by atoms with Crippen molar-refractivity contribution in [2.24, 2.45) is 0 Å². The maximum absolute atomic E-state index is 13.0. The summed E-state index contributed by atoms with van der Waals surface area (Å²) in [6.07, 6.45) is 3.99. The van der Waals surface area contributed by atoms with Crippen LogP contribution in [0.2, 0.25) is 0 Å². The first-order chi connectivity index (χ1) is 11.8. The van der Waals surface area contributed by atoms with E-state index in [4.69, 9.17) is 9.72 Å². The van der Waals surface area contributed by atoms with Crippen molar-refractivity contribution < 1.29 is 4.74 Å². The molecule has 0 aliphatic carbocycles. The van der Waals surface area contributed by atoms with Gasteiger partial charge >= 0.3 is 0 Å². The Morgan fingerprint density at radius 2 is 1.96 bits per heavy atom. The van der Waals surface area contributed by atoms with Crippen molar-refractivity contribution >= 4 is 22.6 Å². The van der Waals surface area contributed by atoms with Crippen molar-refractivity contribution in [2.75, 3.05) is 7.11 Å². The van der Waals surface area contributed by atoms with Gasteiger partial charge in [0.2, 0.25) is 0 Å². The highest BCUT2D eigenvalue weighted by molar-refractivity contribution is 5.87. The highest BCUT2D eigenvalue weighted by Gasteiger charge is 2.20. The smallest absolute Gasteiger partial charge is 0.265 e. The molecule has 2 heterocycles. The molecule has 0 saturated heterocycles. The van der Waals surface area contributed by atoms with Gasteiger partial charge in [0.1, 0.15) is 17.0 Å². The van der Waals surface area contributed by atoms with Crippen molar-refractivity contribution in [2.45, 2.75) is 19.4 Å². The Bertz CT molecular complexity index is 988. The summed E-state index contributed by atoms with van der Waals surface area (Å²) in [6.45, 7) is 0.696. The number of hydrogen-bond acceptors (Lipinski definition) is 3. The number of ether oxygens (including phenoxy) is 1. The molecule has 1 aromatic heterocycles. The van der Waals surface area contributed by atoms with E-state index < -0.39 is 0 Å². The quantitative estimate of drug-likeness (QED) is 0.723. The third kappa shape index (κ3) is 2.40. The predicted octanol–water partition coefficient (Wildman–Crippen LogP) is 3.74. The van der Waals surface area contributed by atoms with Gasteiger partial charge in [-0.15, -0.1) is 0 Å². The van der Waals surface area contributed by atoms with E-state index in [-0.39, 0.29) is 5.56 Å². The van der Waals surface area contributed by atoms with Crippen LogP contribution in [0.15, 0.2) is 53.3 Å². The molecule has 4 heteroatoms. The predicted molar refractivity (Wildman–Crippen MR) is 96.1 cm³/mol. The van der Waals surface area contributed by atoms with Gasteiger partial charge in [-0.2, -0.15) is 0 Å². The molecular formula is C20H18N2O2. The zero-order valence-corrected chi connectivity index (χ0v) is 13.5. The number of fused-ring (bicyclic) bond motifs is 2. The van der Waals surface area contributed by atoms with E-state index in [0.717, 1.165) is 29.8 Å². The molecule has 24 heavy (non-hydrogen) atoms. The molecule has 0 fully saturated rings. The number of hydrogen-bond donors (Lipinski definition) is 0. The van der Waals surface area contributed by atoms with Gasteiger partial charge in [0.15, 0.2) is 0 Å². The summed E-state index contributed by atoms with van der Waals surface area (Å²) >= 11 is 0. The summed E-state index contributed by atoms with van der Waals surface area (Å²) in [5, 5.41) is 0.560. The summed E-state index contributed by atoms with van der Waals surface area (Å²) in [5.74, 6) is 1.36.